The summed E-state index contributed by atoms with van der Waals surface area (Å²) in [5.41, 5.74) is 4.42. The number of benzene rings is 2. The first-order chi connectivity index (χ1) is 15.4. The van der Waals surface area contributed by atoms with Crippen molar-refractivity contribution in [3.63, 3.8) is 0 Å². The second-order valence-corrected chi connectivity index (χ2v) is 8.92. The fourth-order valence-electron chi connectivity index (χ4n) is 3.81. The van der Waals surface area contributed by atoms with Gasteiger partial charge in [-0.2, -0.15) is 0 Å². The molecule has 0 bridgehead atoms. The lowest BCUT2D eigenvalue weighted by Gasteiger charge is -2.28. The summed E-state index contributed by atoms with van der Waals surface area (Å²) in [6, 6.07) is 12.8. The molecule has 0 amide bonds. The molecule has 0 saturated heterocycles. The van der Waals surface area contributed by atoms with E-state index in [0.717, 1.165) is 29.0 Å². The molecule has 178 valence electrons. The van der Waals surface area contributed by atoms with Crippen LogP contribution in [0.25, 0.3) is 11.1 Å². The summed E-state index contributed by atoms with van der Waals surface area (Å²) in [7, 11) is 0. The second kappa shape index (κ2) is 13.5. The molecule has 4 nitrogen and oxygen atoms in total. The molecule has 0 saturated carbocycles. The van der Waals surface area contributed by atoms with Gasteiger partial charge in [0.1, 0.15) is 11.5 Å². The van der Waals surface area contributed by atoms with E-state index in [2.05, 4.69) is 64.1 Å². The number of hydrogen-bond donors (Lipinski definition) is 0. The first-order valence-electron chi connectivity index (χ1n) is 12.1. The van der Waals surface area contributed by atoms with Crippen LogP contribution in [0.3, 0.4) is 0 Å². The highest BCUT2D eigenvalue weighted by atomic mass is 16.7. The Morgan fingerprint density at radius 3 is 1.94 bits per heavy atom. The zero-order chi connectivity index (χ0) is 23.4. The molecule has 0 heterocycles. The zero-order valence-electron chi connectivity index (χ0n) is 21.0. The van der Waals surface area contributed by atoms with E-state index >= 15 is 0 Å². The Balaban J connectivity index is 2.51. The van der Waals surface area contributed by atoms with Gasteiger partial charge < -0.3 is 18.9 Å². The van der Waals surface area contributed by atoms with Crippen molar-refractivity contribution in [3.05, 3.63) is 47.5 Å². The molecule has 0 fully saturated rings. The number of rotatable bonds is 15. The van der Waals surface area contributed by atoms with Gasteiger partial charge in [-0.05, 0) is 55.9 Å². The fraction of sp³-hybridized carbons (Fsp3) is 0.571. The first-order valence-corrected chi connectivity index (χ1v) is 12.1. The summed E-state index contributed by atoms with van der Waals surface area (Å²) in [6.45, 7) is 14.5. The van der Waals surface area contributed by atoms with E-state index in [0.29, 0.717) is 13.2 Å². The van der Waals surface area contributed by atoms with E-state index in [4.69, 9.17) is 18.9 Å². The van der Waals surface area contributed by atoms with E-state index in [1.165, 1.54) is 36.8 Å². The molecule has 4 heteroatoms. The summed E-state index contributed by atoms with van der Waals surface area (Å²) in [6.07, 6.45) is 6.13. The molecule has 2 aromatic carbocycles. The maximum atomic E-state index is 6.15. The van der Waals surface area contributed by atoms with Crippen molar-refractivity contribution >= 4 is 0 Å². The Bertz CT molecular complexity index is 782. The molecular weight excluding hydrogens is 400 g/mol. The standard InChI is InChI=1S/C28H42O4/c1-7-10-11-12-16-28(5,6)24-18-25(31-20-29-8-2)27(23-15-13-14-22(4)17-23)26(19-24)32-21-30-9-3/h13-15,17-19H,7-12,16,20-21H2,1-6H3. The second-order valence-electron chi connectivity index (χ2n) is 8.92. The van der Waals surface area contributed by atoms with Gasteiger partial charge in [-0.1, -0.05) is 76.3 Å². The van der Waals surface area contributed by atoms with Gasteiger partial charge in [0.2, 0.25) is 0 Å². The average Bonchev–Trinajstić information content (AvgIpc) is 2.77. The molecule has 2 rings (SSSR count). The maximum absolute atomic E-state index is 6.15. The Labute approximate surface area is 195 Å². The van der Waals surface area contributed by atoms with Crippen LogP contribution < -0.4 is 9.47 Å². The molecule has 32 heavy (non-hydrogen) atoms. The summed E-state index contributed by atoms with van der Waals surface area (Å²) >= 11 is 0. The van der Waals surface area contributed by atoms with Crippen molar-refractivity contribution in [1.29, 1.82) is 0 Å². The largest absolute Gasteiger partial charge is 0.467 e. The van der Waals surface area contributed by atoms with Gasteiger partial charge in [0.05, 0.1) is 5.56 Å². The van der Waals surface area contributed by atoms with Crippen molar-refractivity contribution < 1.29 is 18.9 Å². The minimum absolute atomic E-state index is 0.00627. The molecule has 0 unspecified atom stereocenters. The van der Waals surface area contributed by atoms with Gasteiger partial charge >= 0.3 is 0 Å². The predicted molar refractivity (Wildman–Crippen MR) is 133 cm³/mol. The maximum Gasteiger partial charge on any atom is 0.189 e. The van der Waals surface area contributed by atoms with Crippen LogP contribution in [0.1, 0.15) is 77.8 Å². The number of aryl methyl sites for hydroxylation is 1. The smallest absolute Gasteiger partial charge is 0.189 e. The SMILES string of the molecule is CCCCCCC(C)(C)c1cc(OCOCC)c(-c2cccc(C)c2)c(OCOCC)c1. The zero-order valence-corrected chi connectivity index (χ0v) is 21.0. The van der Waals surface area contributed by atoms with Crippen LogP contribution in [0.2, 0.25) is 0 Å². The van der Waals surface area contributed by atoms with E-state index in [1.54, 1.807) is 0 Å². The highest BCUT2D eigenvalue weighted by molar-refractivity contribution is 5.78. The summed E-state index contributed by atoms with van der Waals surface area (Å²) < 4.78 is 23.3. The van der Waals surface area contributed by atoms with E-state index in [1.807, 2.05) is 13.8 Å². The van der Waals surface area contributed by atoms with Gasteiger partial charge in [0.25, 0.3) is 0 Å². The van der Waals surface area contributed by atoms with Crippen LogP contribution >= 0.6 is 0 Å². The van der Waals surface area contributed by atoms with Gasteiger partial charge in [-0.3, -0.25) is 0 Å². The third kappa shape index (κ3) is 7.83. The number of hydrogen-bond acceptors (Lipinski definition) is 4. The van der Waals surface area contributed by atoms with Gasteiger partial charge in [-0.15, -0.1) is 0 Å². The number of ether oxygens (including phenoxy) is 4. The summed E-state index contributed by atoms with van der Waals surface area (Å²) in [5, 5.41) is 0. The third-order valence-electron chi connectivity index (χ3n) is 5.81. The van der Waals surface area contributed by atoms with Crippen molar-refractivity contribution in [1.82, 2.24) is 0 Å². The quantitative estimate of drug-likeness (QED) is 0.210. The Morgan fingerprint density at radius 1 is 0.781 bits per heavy atom. The molecular formula is C28H42O4. The molecule has 2 aromatic rings. The molecule has 0 spiro atoms. The van der Waals surface area contributed by atoms with Crippen LogP contribution in [-0.2, 0) is 14.9 Å². The molecule has 0 aliphatic carbocycles. The number of unbranched alkanes of at least 4 members (excludes halogenated alkanes) is 3. The van der Waals surface area contributed by atoms with Crippen molar-refractivity contribution in [3.8, 4) is 22.6 Å². The Kier molecular flexibility index (Phi) is 11.1. The Hall–Kier alpha value is -2.04. The summed E-state index contributed by atoms with van der Waals surface area (Å²) in [5.74, 6) is 1.57. The predicted octanol–water partition coefficient (Wildman–Crippen LogP) is 7.66. The summed E-state index contributed by atoms with van der Waals surface area (Å²) in [4.78, 5) is 0. The molecule has 0 radical (unpaired) electrons. The van der Waals surface area contributed by atoms with Crippen molar-refractivity contribution in [2.24, 2.45) is 0 Å². The molecule has 0 N–H and O–H groups in total. The lowest BCUT2D eigenvalue weighted by atomic mass is 9.79. The minimum Gasteiger partial charge on any atom is -0.467 e. The highest BCUT2D eigenvalue weighted by Crippen LogP contribution is 2.44. The van der Waals surface area contributed by atoms with E-state index in [9.17, 15) is 0 Å². The van der Waals surface area contributed by atoms with E-state index in [-0.39, 0.29) is 19.0 Å². The monoisotopic (exact) mass is 442 g/mol. The van der Waals surface area contributed by atoms with Gasteiger partial charge in [0.15, 0.2) is 13.6 Å². The van der Waals surface area contributed by atoms with Gasteiger partial charge in [0, 0.05) is 13.2 Å². The lowest BCUT2D eigenvalue weighted by molar-refractivity contribution is 0.0187. The fourth-order valence-corrected chi connectivity index (χ4v) is 3.81. The molecule has 0 aliphatic heterocycles. The van der Waals surface area contributed by atoms with Crippen LogP contribution in [0.4, 0.5) is 0 Å². The molecule has 0 aliphatic rings. The van der Waals surface area contributed by atoms with Crippen LogP contribution in [0, 0.1) is 6.92 Å². The Morgan fingerprint density at radius 2 is 1.41 bits per heavy atom. The minimum atomic E-state index is 0.00627. The average molecular weight is 443 g/mol. The molecule has 0 atom stereocenters. The normalized spacial score (nSPS) is 11.6. The third-order valence-corrected chi connectivity index (χ3v) is 5.81. The van der Waals surface area contributed by atoms with Crippen LogP contribution in [-0.4, -0.2) is 26.8 Å². The topological polar surface area (TPSA) is 36.9 Å². The highest BCUT2D eigenvalue weighted by Gasteiger charge is 2.25. The van der Waals surface area contributed by atoms with Crippen LogP contribution in [0.5, 0.6) is 11.5 Å². The van der Waals surface area contributed by atoms with Crippen molar-refractivity contribution in [2.75, 3.05) is 26.8 Å². The first kappa shape index (κ1) is 26.2. The van der Waals surface area contributed by atoms with E-state index < -0.39 is 0 Å². The molecule has 0 aromatic heterocycles. The van der Waals surface area contributed by atoms with Crippen LogP contribution in [0.15, 0.2) is 36.4 Å². The lowest BCUT2D eigenvalue weighted by Crippen LogP contribution is -2.18. The van der Waals surface area contributed by atoms with Crippen molar-refractivity contribution in [2.45, 2.75) is 79.1 Å². The van der Waals surface area contributed by atoms with Gasteiger partial charge in [-0.25, -0.2) is 0 Å².